The summed E-state index contributed by atoms with van der Waals surface area (Å²) < 4.78 is 10.8. The maximum Gasteiger partial charge on any atom is 0.314 e. The predicted molar refractivity (Wildman–Crippen MR) is 95.8 cm³/mol. The van der Waals surface area contributed by atoms with Crippen LogP contribution in [0, 0.1) is 5.41 Å². The highest BCUT2D eigenvalue weighted by Gasteiger charge is 2.30. The van der Waals surface area contributed by atoms with Gasteiger partial charge in [-0.2, -0.15) is 0 Å². The standard InChI is InChI=1S/C19H21BrO3/c1-19(2,18(21)22-3)13-23-17-11-7-10-15(16(17)12-20)14-8-5-4-6-9-14/h4-11H,12-13H2,1-3H3. The van der Waals surface area contributed by atoms with Gasteiger partial charge in [-0.15, -0.1) is 0 Å². The lowest BCUT2D eigenvalue weighted by molar-refractivity contribution is -0.152. The van der Waals surface area contributed by atoms with Gasteiger partial charge in [-0.25, -0.2) is 0 Å². The Morgan fingerprint density at radius 1 is 1.09 bits per heavy atom. The maximum atomic E-state index is 11.8. The lowest BCUT2D eigenvalue weighted by Gasteiger charge is -2.23. The average Bonchev–Trinajstić information content (AvgIpc) is 2.59. The second kappa shape index (κ2) is 7.64. The minimum atomic E-state index is -0.693. The van der Waals surface area contributed by atoms with Gasteiger partial charge >= 0.3 is 5.97 Å². The first-order valence-electron chi connectivity index (χ1n) is 7.44. The van der Waals surface area contributed by atoms with Crippen molar-refractivity contribution in [2.75, 3.05) is 13.7 Å². The number of hydrogen-bond donors (Lipinski definition) is 0. The number of esters is 1. The molecule has 0 saturated heterocycles. The molecule has 0 N–H and O–H groups in total. The first-order chi connectivity index (χ1) is 11.0. The third kappa shape index (κ3) is 4.14. The van der Waals surface area contributed by atoms with Crippen LogP contribution in [0.5, 0.6) is 5.75 Å². The van der Waals surface area contributed by atoms with E-state index < -0.39 is 5.41 Å². The Bertz CT molecular complexity index is 666. The highest BCUT2D eigenvalue weighted by atomic mass is 79.9. The molecule has 0 spiro atoms. The summed E-state index contributed by atoms with van der Waals surface area (Å²) >= 11 is 3.55. The van der Waals surface area contributed by atoms with Gasteiger partial charge in [0.15, 0.2) is 0 Å². The van der Waals surface area contributed by atoms with Crippen LogP contribution in [0.3, 0.4) is 0 Å². The van der Waals surface area contributed by atoms with Crippen molar-refractivity contribution in [2.24, 2.45) is 5.41 Å². The molecular weight excluding hydrogens is 356 g/mol. The van der Waals surface area contributed by atoms with E-state index in [1.165, 1.54) is 7.11 Å². The van der Waals surface area contributed by atoms with E-state index in [9.17, 15) is 4.79 Å². The molecule has 0 bridgehead atoms. The van der Waals surface area contributed by atoms with Crippen LogP contribution in [0.25, 0.3) is 11.1 Å². The molecule has 0 aliphatic heterocycles. The van der Waals surface area contributed by atoms with E-state index >= 15 is 0 Å². The number of ether oxygens (including phenoxy) is 2. The first kappa shape index (κ1) is 17.5. The molecule has 3 nitrogen and oxygen atoms in total. The summed E-state index contributed by atoms with van der Waals surface area (Å²) in [7, 11) is 1.39. The van der Waals surface area contributed by atoms with Gasteiger partial charge in [0, 0.05) is 10.9 Å². The lowest BCUT2D eigenvalue weighted by atomic mass is 9.95. The maximum absolute atomic E-state index is 11.8. The Hall–Kier alpha value is -1.81. The van der Waals surface area contributed by atoms with E-state index in [0.29, 0.717) is 5.33 Å². The smallest absolute Gasteiger partial charge is 0.314 e. The summed E-state index contributed by atoms with van der Waals surface area (Å²) in [6.07, 6.45) is 0. The molecule has 0 atom stereocenters. The normalized spacial score (nSPS) is 11.1. The van der Waals surface area contributed by atoms with Crippen LogP contribution in [0.4, 0.5) is 0 Å². The Labute approximate surface area is 145 Å². The van der Waals surface area contributed by atoms with Gasteiger partial charge in [-0.3, -0.25) is 4.79 Å². The number of benzene rings is 2. The molecule has 2 rings (SSSR count). The van der Waals surface area contributed by atoms with Crippen LogP contribution in [-0.2, 0) is 14.9 Å². The van der Waals surface area contributed by atoms with E-state index in [4.69, 9.17) is 9.47 Å². The second-order valence-electron chi connectivity index (χ2n) is 5.95. The summed E-state index contributed by atoms with van der Waals surface area (Å²) in [5, 5.41) is 0.673. The van der Waals surface area contributed by atoms with Gasteiger partial charge in [0.25, 0.3) is 0 Å². The van der Waals surface area contributed by atoms with Crippen molar-refractivity contribution in [1.29, 1.82) is 0 Å². The van der Waals surface area contributed by atoms with E-state index in [0.717, 1.165) is 22.4 Å². The van der Waals surface area contributed by atoms with Gasteiger partial charge in [0.2, 0.25) is 0 Å². The van der Waals surface area contributed by atoms with E-state index in [1.807, 2.05) is 44.2 Å². The minimum absolute atomic E-state index is 0.262. The van der Waals surface area contributed by atoms with Gasteiger partial charge in [-0.05, 0) is 31.0 Å². The van der Waals surface area contributed by atoms with Crippen molar-refractivity contribution in [2.45, 2.75) is 19.2 Å². The molecule has 4 heteroatoms. The third-order valence-corrected chi connectivity index (χ3v) is 4.24. The zero-order valence-corrected chi connectivity index (χ0v) is 15.2. The van der Waals surface area contributed by atoms with E-state index in [2.05, 4.69) is 34.1 Å². The van der Waals surface area contributed by atoms with Crippen LogP contribution < -0.4 is 4.74 Å². The van der Waals surface area contributed by atoms with Crippen molar-refractivity contribution < 1.29 is 14.3 Å². The van der Waals surface area contributed by atoms with Crippen LogP contribution in [-0.4, -0.2) is 19.7 Å². The number of alkyl halides is 1. The fourth-order valence-electron chi connectivity index (χ4n) is 2.32. The molecule has 2 aromatic carbocycles. The predicted octanol–water partition coefficient (Wildman–Crippen LogP) is 4.83. The van der Waals surface area contributed by atoms with Gasteiger partial charge in [0.1, 0.15) is 12.4 Å². The molecule has 0 aliphatic carbocycles. The summed E-state index contributed by atoms with van der Waals surface area (Å²) in [6.45, 7) is 3.89. The lowest BCUT2D eigenvalue weighted by Crippen LogP contribution is -2.32. The van der Waals surface area contributed by atoms with Crippen LogP contribution in [0.1, 0.15) is 19.4 Å². The zero-order chi connectivity index (χ0) is 16.9. The van der Waals surface area contributed by atoms with Gasteiger partial charge in [0.05, 0.1) is 12.5 Å². The average molecular weight is 377 g/mol. The molecule has 0 unspecified atom stereocenters. The Balaban J connectivity index is 2.29. The monoisotopic (exact) mass is 376 g/mol. The molecule has 0 amide bonds. The highest BCUT2D eigenvalue weighted by molar-refractivity contribution is 9.08. The number of rotatable bonds is 6. The Kier molecular flexibility index (Phi) is 5.83. The number of hydrogen-bond acceptors (Lipinski definition) is 3. The fraction of sp³-hybridized carbons (Fsp3) is 0.316. The van der Waals surface area contributed by atoms with E-state index in [1.54, 1.807) is 0 Å². The number of carbonyl (C=O) groups is 1. The Morgan fingerprint density at radius 2 is 1.78 bits per heavy atom. The summed E-state index contributed by atoms with van der Waals surface area (Å²) in [4.78, 5) is 11.8. The largest absolute Gasteiger partial charge is 0.492 e. The van der Waals surface area contributed by atoms with Crippen LogP contribution in [0.15, 0.2) is 48.5 Å². The first-order valence-corrected chi connectivity index (χ1v) is 8.56. The van der Waals surface area contributed by atoms with Crippen LogP contribution in [0.2, 0.25) is 0 Å². The summed E-state index contributed by atoms with van der Waals surface area (Å²) in [5.41, 5.74) is 2.64. The summed E-state index contributed by atoms with van der Waals surface area (Å²) in [6, 6.07) is 16.1. The molecule has 0 heterocycles. The third-order valence-electron chi connectivity index (χ3n) is 3.68. The molecule has 0 aliphatic rings. The molecule has 23 heavy (non-hydrogen) atoms. The SMILES string of the molecule is COC(=O)C(C)(C)COc1cccc(-c2ccccc2)c1CBr. The molecule has 0 aromatic heterocycles. The molecule has 0 fully saturated rings. The molecule has 0 radical (unpaired) electrons. The number of halogens is 1. The molecular formula is C19H21BrO3. The van der Waals surface area contributed by atoms with Crippen molar-refractivity contribution in [1.82, 2.24) is 0 Å². The van der Waals surface area contributed by atoms with Gasteiger partial charge < -0.3 is 9.47 Å². The topological polar surface area (TPSA) is 35.5 Å². The van der Waals surface area contributed by atoms with Gasteiger partial charge in [-0.1, -0.05) is 58.4 Å². The number of carbonyl (C=O) groups excluding carboxylic acids is 1. The quantitative estimate of drug-likeness (QED) is 0.535. The zero-order valence-electron chi connectivity index (χ0n) is 13.6. The van der Waals surface area contributed by atoms with Crippen molar-refractivity contribution in [3.05, 3.63) is 54.1 Å². The minimum Gasteiger partial charge on any atom is -0.492 e. The fourth-order valence-corrected chi connectivity index (χ4v) is 2.90. The summed E-state index contributed by atoms with van der Waals surface area (Å²) in [5.74, 6) is 0.498. The molecule has 0 saturated carbocycles. The molecule has 122 valence electrons. The van der Waals surface area contributed by atoms with E-state index in [-0.39, 0.29) is 12.6 Å². The van der Waals surface area contributed by atoms with Crippen molar-refractivity contribution in [3.63, 3.8) is 0 Å². The van der Waals surface area contributed by atoms with Crippen LogP contribution >= 0.6 is 15.9 Å². The molecule has 2 aromatic rings. The highest BCUT2D eigenvalue weighted by Crippen LogP contribution is 2.33. The number of methoxy groups -OCH3 is 1. The van der Waals surface area contributed by atoms with Crippen molar-refractivity contribution in [3.8, 4) is 16.9 Å². The van der Waals surface area contributed by atoms with Crippen molar-refractivity contribution >= 4 is 21.9 Å². The Morgan fingerprint density at radius 3 is 2.39 bits per heavy atom. The second-order valence-corrected chi connectivity index (χ2v) is 6.51.